The highest BCUT2D eigenvalue weighted by molar-refractivity contribution is 7.89. The van der Waals surface area contributed by atoms with Gasteiger partial charge >= 0.3 is 0 Å². The fourth-order valence-electron chi connectivity index (χ4n) is 3.41. The van der Waals surface area contributed by atoms with Gasteiger partial charge < -0.3 is 4.74 Å². The summed E-state index contributed by atoms with van der Waals surface area (Å²) in [4.78, 5) is 29.0. The topological polar surface area (TPSA) is 106 Å². The highest BCUT2D eigenvalue weighted by atomic mass is 32.2. The van der Waals surface area contributed by atoms with Crippen LogP contribution in [-0.4, -0.2) is 48.7 Å². The predicted molar refractivity (Wildman–Crippen MR) is 107 cm³/mol. The molecule has 1 saturated heterocycles. The van der Waals surface area contributed by atoms with E-state index in [1.165, 1.54) is 46.8 Å². The van der Waals surface area contributed by atoms with Crippen LogP contribution in [0.5, 0.6) is 0 Å². The molecule has 4 rings (SSSR count). The summed E-state index contributed by atoms with van der Waals surface area (Å²) in [5, 5.41) is 3.26. The molecule has 10 heteroatoms. The molecular formula is C19H21N3O5S2. The summed E-state index contributed by atoms with van der Waals surface area (Å²) in [6.07, 6.45) is 1.61. The summed E-state index contributed by atoms with van der Waals surface area (Å²) in [7, 11) is -3.68. The van der Waals surface area contributed by atoms with Crippen molar-refractivity contribution in [1.82, 2.24) is 9.29 Å². The molecule has 1 unspecified atom stereocenters. The molecule has 1 N–H and O–H groups in total. The Bertz CT molecular complexity index is 1040. The molecule has 0 aliphatic carbocycles. The molecule has 0 saturated carbocycles. The van der Waals surface area contributed by atoms with E-state index < -0.39 is 16.1 Å². The number of benzene rings is 1. The van der Waals surface area contributed by atoms with Gasteiger partial charge in [0, 0.05) is 30.0 Å². The van der Waals surface area contributed by atoms with Crippen molar-refractivity contribution in [3.8, 4) is 0 Å². The zero-order valence-corrected chi connectivity index (χ0v) is 17.5. The molecule has 154 valence electrons. The van der Waals surface area contributed by atoms with Gasteiger partial charge in [0.15, 0.2) is 10.9 Å². The Kier molecular flexibility index (Phi) is 5.52. The molecule has 1 amide bonds. The smallest absolute Gasteiger partial charge is 0.255 e. The number of aromatic nitrogens is 1. The maximum absolute atomic E-state index is 13.0. The molecule has 1 fully saturated rings. The number of ketones is 1. The minimum atomic E-state index is -3.68. The van der Waals surface area contributed by atoms with Gasteiger partial charge in [0.1, 0.15) is 6.10 Å². The van der Waals surface area contributed by atoms with Crippen LogP contribution in [0.2, 0.25) is 0 Å². The number of sulfonamides is 1. The summed E-state index contributed by atoms with van der Waals surface area (Å²) in [6.45, 7) is 2.55. The minimum Gasteiger partial charge on any atom is -0.368 e. The minimum absolute atomic E-state index is 0.112. The molecule has 2 aliphatic rings. The van der Waals surface area contributed by atoms with Gasteiger partial charge in [-0.05, 0) is 31.9 Å². The van der Waals surface area contributed by atoms with Gasteiger partial charge in [0.05, 0.1) is 17.1 Å². The number of amides is 1. The van der Waals surface area contributed by atoms with Crippen LogP contribution in [0.25, 0.3) is 0 Å². The Morgan fingerprint density at radius 3 is 2.69 bits per heavy atom. The number of hydrogen-bond donors (Lipinski definition) is 1. The monoisotopic (exact) mass is 435 g/mol. The Morgan fingerprint density at radius 2 is 2.03 bits per heavy atom. The van der Waals surface area contributed by atoms with Crippen molar-refractivity contribution in [1.29, 1.82) is 0 Å². The number of thiazole rings is 1. The van der Waals surface area contributed by atoms with Crippen molar-refractivity contribution in [2.75, 3.05) is 18.5 Å². The van der Waals surface area contributed by atoms with Crippen molar-refractivity contribution in [2.45, 2.75) is 43.7 Å². The van der Waals surface area contributed by atoms with Gasteiger partial charge in [-0.15, -0.1) is 11.3 Å². The van der Waals surface area contributed by atoms with Crippen LogP contribution in [-0.2, 0) is 32.5 Å². The van der Waals surface area contributed by atoms with Gasteiger partial charge in [0.2, 0.25) is 10.0 Å². The number of rotatable bonds is 5. The molecule has 0 radical (unpaired) electrons. The number of anilines is 1. The molecule has 29 heavy (non-hydrogen) atoms. The van der Waals surface area contributed by atoms with Crippen LogP contribution >= 0.6 is 11.3 Å². The first-order valence-corrected chi connectivity index (χ1v) is 11.6. The quantitative estimate of drug-likeness (QED) is 0.722. The largest absolute Gasteiger partial charge is 0.368 e. The van der Waals surface area contributed by atoms with Crippen molar-refractivity contribution < 1.29 is 22.7 Å². The van der Waals surface area contributed by atoms with E-state index in [0.29, 0.717) is 36.7 Å². The SMILES string of the molecule is CC(=O)c1ccc(S(=O)(=O)N2CCc3nc(NC(=O)C4CCCO4)sc3C2)cc1. The lowest BCUT2D eigenvalue weighted by Crippen LogP contribution is -2.35. The van der Waals surface area contributed by atoms with Crippen molar-refractivity contribution in [2.24, 2.45) is 0 Å². The lowest BCUT2D eigenvalue weighted by atomic mass is 10.2. The number of ether oxygens (including phenoxy) is 1. The van der Waals surface area contributed by atoms with Crippen LogP contribution in [0.15, 0.2) is 29.2 Å². The average Bonchev–Trinajstić information content (AvgIpc) is 3.37. The van der Waals surface area contributed by atoms with E-state index in [4.69, 9.17) is 4.74 Å². The summed E-state index contributed by atoms with van der Waals surface area (Å²) < 4.78 is 32.7. The van der Waals surface area contributed by atoms with Gasteiger partial charge in [-0.25, -0.2) is 13.4 Å². The second kappa shape index (κ2) is 7.94. The fraction of sp³-hybridized carbons (Fsp3) is 0.421. The molecule has 2 aliphatic heterocycles. The standard InChI is InChI=1S/C19H21N3O5S2/c1-12(23)13-4-6-14(7-5-13)29(25,26)22-9-8-15-17(11-22)28-19(20-15)21-18(24)16-3-2-10-27-16/h4-7,16H,2-3,8-11H2,1H3,(H,20,21,24). The highest BCUT2D eigenvalue weighted by Gasteiger charge is 2.31. The molecule has 1 atom stereocenters. The van der Waals surface area contributed by atoms with E-state index in [1.807, 2.05) is 0 Å². The maximum Gasteiger partial charge on any atom is 0.255 e. The maximum atomic E-state index is 13.0. The molecule has 8 nitrogen and oxygen atoms in total. The first-order chi connectivity index (χ1) is 13.8. The zero-order valence-electron chi connectivity index (χ0n) is 15.9. The van der Waals surface area contributed by atoms with E-state index in [0.717, 1.165) is 17.0 Å². The van der Waals surface area contributed by atoms with Gasteiger partial charge in [-0.3, -0.25) is 14.9 Å². The van der Waals surface area contributed by atoms with Crippen molar-refractivity contribution in [3.63, 3.8) is 0 Å². The number of hydrogen-bond acceptors (Lipinski definition) is 7. The second-order valence-electron chi connectivity index (χ2n) is 7.05. The lowest BCUT2D eigenvalue weighted by molar-refractivity contribution is -0.124. The van der Waals surface area contributed by atoms with Crippen LogP contribution in [0.1, 0.15) is 40.7 Å². The molecule has 3 heterocycles. The first kappa shape index (κ1) is 20.1. The molecule has 0 spiro atoms. The fourth-order valence-corrected chi connectivity index (χ4v) is 5.93. The molecular weight excluding hydrogens is 414 g/mol. The number of nitrogens with zero attached hydrogens (tertiary/aromatic N) is 2. The van der Waals surface area contributed by atoms with Gasteiger partial charge in [-0.1, -0.05) is 12.1 Å². The summed E-state index contributed by atoms with van der Waals surface area (Å²) in [5.41, 5.74) is 1.29. The van der Waals surface area contributed by atoms with Crippen molar-refractivity contribution >= 4 is 38.2 Å². The number of Topliss-reactive ketones (excluding diaryl/α,β-unsaturated/α-hetero) is 1. The number of carbonyl (C=O) groups is 2. The van der Waals surface area contributed by atoms with Crippen LogP contribution in [0.3, 0.4) is 0 Å². The van der Waals surface area contributed by atoms with Crippen LogP contribution in [0.4, 0.5) is 5.13 Å². The zero-order chi connectivity index (χ0) is 20.6. The van der Waals surface area contributed by atoms with Crippen molar-refractivity contribution in [3.05, 3.63) is 40.4 Å². The average molecular weight is 436 g/mol. The number of nitrogens with one attached hydrogen (secondary N) is 1. The lowest BCUT2D eigenvalue weighted by Gasteiger charge is -2.25. The van der Waals surface area contributed by atoms with Gasteiger partial charge in [-0.2, -0.15) is 4.31 Å². The Balaban J connectivity index is 1.48. The van der Waals surface area contributed by atoms with Gasteiger partial charge in [0.25, 0.3) is 5.91 Å². The highest BCUT2D eigenvalue weighted by Crippen LogP contribution is 2.31. The second-order valence-corrected chi connectivity index (χ2v) is 10.1. The van der Waals surface area contributed by atoms with E-state index in [2.05, 4.69) is 10.3 Å². The molecule has 1 aromatic heterocycles. The third kappa shape index (κ3) is 4.11. The molecule has 0 bridgehead atoms. The first-order valence-electron chi connectivity index (χ1n) is 9.37. The van der Waals surface area contributed by atoms with E-state index >= 15 is 0 Å². The Morgan fingerprint density at radius 1 is 1.28 bits per heavy atom. The summed E-state index contributed by atoms with van der Waals surface area (Å²) in [5.74, 6) is -0.317. The number of carbonyl (C=O) groups excluding carboxylic acids is 2. The molecule has 1 aromatic carbocycles. The van der Waals surface area contributed by atoms with Crippen LogP contribution in [0, 0.1) is 0 Å². The van der Waals surface area contributed by atoms with Crippen LogP contribution < -0.4 is 5.32 Å². The summed E-state index contributed by atoms with van der Waals surface area (Å²) in [6, 6.07) is 5.97. The predicted octanol–water partition coefficient (Wildman–Crippen LogP) is 2.21. The van der Waals surface area contributed by atoms with E-state index in [9.17, 15) is 18.0 Å². The normalized spacial score (nSPS) is 19.7. The summed E-state index contributed by atoms with van der Waals surface area (Å²) >= 11 is 1.29. The Hall–Kier alpha value is -2.14. The third-order valence-electron chi connectivity index (χ3n) is 5.05. The van der Waals surface area contributed by atoms with E-state index in [1.54, 1.807) is 0 Å². The van der Waals surface area contributed by atoms with E-state index in [-0.39, 0.29) is 23.1 Å². The molecule has 2 aromatic rings. The number of fused-ring (bicyclic) bond motifs is 1. The Labute approximate surface area is 172 Å². The third-order valence-corrected chi connectivity index (χ3v) is 7.90.